The topological polar surface area (TPSA) is 136 Å². The summed E-state index contributed by atoms with van der Waals surface area (Å²) >= 11 is 0. The van der Waals surface area contributed by atoms with Gasteiger partial charge in [-0.1, -0.05) is 95.2 Å². The maximum absolute atomic E-state index is 11.4. The molecule has 0 heterocycles. The van der Waals surface area contributed by atoms with Gasteiger partial charge < -0.3 is 15.7 Å². The number of phenols is 2. The molecule has 52 heavy (non-hydrogen) atoms. The Labute approximate surface area is 330 Å². The van der Waals surface area contributed by atoms with Crippen LogP contribution in [0, 0.1) is 26.6 Å². The van der Waals surface area contributed by atoms with E-state index in [0.717, 1.165) is 73.6 Å². The summed E-state index contributed by atoms with van der Waals surface area (Å²) in [7, 11) is 0. The molecule has 2 aromatic carbocycles. The molecule has 0 spiro atoms. The Hall–Kier alpha value is -2.44. The van der Waals surface area contributed by atoms with Crippen molar-refractivity contribution in [2.45, 2.75) is 173 Å². The average Bonchev–Trinajstić information content (AvgIpc) is 2.96. The first kappa shape index (κ1) is 51.7. The van der Waals surface area contributed by atoms with E-state index >= 15 is 0 Å². The van der Waals surface area contributed by atoms with Crippen molar-refractivity contribution in [2.24, 2.45) is 31.6 Å². The minimum absolute atomic E-state index is 0. The van der Waals surface area contributed by atoms with Crippen LogP contribution in [-0.4, -0.2) is 39.2 Å². The Morgan fingerprint density at radius 3 is 1.00 bits per heavy atom. The normalized spacial score (nSPS) is 13.1. The number of phenolic OH excluding ortho intramolecular Hbond substituents is 2. The van der Waals surface area contributed by atoms with Crippen molar-refractivity contribution in [3.63, 3.8) is 0 Å². The van der Waals surface area contributed by atoms with Crippen LogP contribution in [-0.2, 0) is 45.2 Å². The zero-order valence-corrected chi connectivity index (χ0v) is 37.4. The van der Waals surface area contributed by atoms with Crippen molar-refractivity contribution in [1.82, 2.24) is 5.59 Å². The van der Waals surface area contributed by atoms with Crippen molar-refractivity contribution in [3.8, 4) is 11.5 Å². The predicted octanol–water partition coefficient (Wildman–Crippen LogP) is 10.8. The molecular formula is C44H74N3O4Ru. The number of rotatable bonds is 13. The molecule has 297 valence electrons. The Morgan fingerprint density at radius 1 is 0.500 bits per heavy atom. The molecule has 0 aliphatic heterocycles. The number of aryl methyl sites for hydroxylation is 4. The molecule has 2 aromatic rings. The van der Waals surface area contributed by atoms with E-state index in [0.29, 0.717) is 11.5 Å². The number of benzene rings is 2. The van der Waals surface area contributed by atoms with Crippen molar-refractivity contribution in [1.29, 1.82) is 0 Å². The van der Waals surface area contributed by atoms with Gasteiger partial charge in [-0.15, -0.1) is 4.91 Å². The second-order valence-electron chi connectivity index (χ2n) is 20.3. The van der Waals surface area contributed by atoms with Gasteiger partial charge in [0.25, 0.3) is 0 Å². The molecule has 0 saturated heterocycles. The SMILES string of the molecule is CC(C)(C)CCc1cc(C=NC(C)(C)C(C)(C)N=Cc2cc(CCC(C)(C)C)cc(CCC(C)(C)C)c2O)c(O)c(CCC(C)(C)C)c1.O.[N]=O.[Ru]. The first-order valence-electron chi connectivity index (χ1n) is 18.6. The second kappa shape index (κ2) is 20.3. The Morgan fingerprint density at radius 2 is 0.750 bits per heavy atom. The van der Waals surface area contributed by atoms with Crippen LogP contribution in [0.4, 0.5) is 0 Å². The third kappa shape index (κ3) is 18.5. The zero-order valence-electron chi connectivity index (χ0n) is 35.6. The first-order valence-corrected chi connectivity index (χ1v) is 18.6. The molecule has 8 heteroatoms. The quantitative estimate of drug-likeness (QED) is 0.154. The monoisotopic (exact) mass is 810 g/mol. The molecule has 0 aliphatic carbocycles. The van der Waals surface area contributed by atoms with Gasteiger partial charge in [-0.25, -0.2) is 0 Å². The van der Waals surface area contributed by atoms with Gasteiger partial charge in [0.15, 0.2) is 0 Å². The summed E-state index contributed by atoms with van der Waals surface area (Å²) in [5.74, 6) is 0.666. The van der Waals surface area contributed by atoms with E-state index in [1.165, 1.54) is 11.1 Å². The van der Waals surface area contributed by atoms with Gasteiger partial charge in [-0.3, -0.25) is 9.98 Å². The molecule has 0 unspecified atom stereocenters. The van der Waals surface area contributed by atoms with Crippen LogP contribution >= 0.6 is 0 Å². The molecule has 0 aliphatic rings. The third-order valence-electron chi connectivity index (χ3n) is 9.72. The molecule has 0 amide bonds. The third-order valence-corrected chi connectivity index (χ3v) is 9.72. The number of aliphatic imine (C=N–C) groups is 2. The molecule has 0 bridgehead atoms. The minimum Gasteiger partial charge on any atom is -0.507 e. The van der Waals surface area contributed by atoms with Gasteiger partial charge in [-0.2, -0.15) is 0 Å². The Bertz CT molecular complexity index is 1340. The van der Waals surface area contributed by atoms with Crippen molar-refractivity contribution in [3.05, 3.63) is 62.6 Å². The number of nitroso groups, excluding NO2 is 1. The number of aromatic hydroxyl groups is 2. The fourth-order valence-corrected chi connectivity index (χ4v) is 5.28. The number of nitrogens with zero attached hydrogens (tertiary/aromatic N) is 3. The summed E-state index contributed by atoms with van der Waals surface area (Å²) < 4.78 is 0. The van der Waals surface area contributed by atoms with Crippen LogP contribution in [0.2, 0.25) is 0 Å². The van der Waals surface area contributed by atoms with E-state index in [9.17, 15) is 10.2 Å². The van der Waals surface area contributed by atoms with Crippen LogP contribution in [0.15, 0.2) is 34.3 Å². The average molecular weight is 810 g/mol. The molecule has 7 nitrogen and oxygen atoms in total. The van der Waals surface area contributed by atoms with E-state index < -0.39 is 11.1 Å². The van der Waals surface area contributed by atoms with Gasteiger partial charge in [0.2, 0.25) is 0 Å². The summed E-state index contributed by atoms with van der Waals surface area (Å²) in [5, 5.41) is 22.8. The van der Waals surface area contributed by atoms with Crippen LogP contribution in [0.1, 0.15) is 170 Å². The molecule has 4 N–H and O–H groups in total. The summed E-state index contributed by atoms with van der Waals surface area (Å²) in [6.07, 6.45) is 11.4. The largest absolute Gasteiger partial charge is 0.507 e. The second-order valence-corrected chi connectivity index (χ2v) is 20.3. The van der Waals surface area contributed by atoms with Crippen LogP contribution < -0.4 is 5.59 Å². The summed E-state index contributed by atoms with van der Waals surface area (Å²) in [6.45, 7) is 35.5. The Balaban J connectivity index is 0. The van der Waals surface area contributed by atoms with Gasteiger partial charge in [0.05, 0.1) is 11.1 Å². The van der Waals surface area contributed by atoms with E-state index in [1.54, 1.807) is 0 Å². The van der Waals surface area contributed by atoms with Gasteiger partial charge >= 0.3 is 0 Å². The van der Waals surface area contributed by atoms with Crippen LogP contribution in [0.3, 0.4) is 0 Å². The van der Waals surface area contributed by atoms with E-state index in [2.05, 4.69) is 135 Å². The van der Waals surface area contributed by atoms with Crippen molar-refractivity contribution < 1.29 is 35.2 Å². The zero-order chi connectivity index (χ0) is 38.9. The Kier molecular flexibility index (Phi) is 20.2. The standard InChI is InChI=1S/C44H72N2O2.NO.H2O.Ru/c1-39(2,3)21-17-31-25-33(19-23-41(7,8)9)37(47)35(27-31)29-45-43(13,14)44(15,16)46-30-36-28-32(18-22-40(4,5)6)26-34(38(36)48)20-24-42(10,11)12;1-2;;/h25-30,47-48H,17-24H2,1-16H3;;1H2;. The summed E-state index contributed by atoms with van der Waals surface area (Å²) in [4.78, 5) is 17.4. The van der Waals surface area contributed by atoms with Gasteiger partial charge in [-0.05, 0) is 135 Å². The minimum atomic E-state index is -0.586. The van der Waals surface area contributed by atoms with E-state index in [1.807, 2.05) is 12.4 Å². The molecule has 0 aromatic heterocycles. The molecular weight excluding hydrogens is 736 g/mol. The number of hydrogen-bond acceptors (Lipinski definition) is 5. The summed E-state index contributed by atoms with van der Waals surface area (Å²) in [5.41, 5.74) is 11.4. The maximum atomic E-state index is 11.4. The van der Waals surface area contributed by atoms with Crippen LogP contribution in [0.25, 0.3) is 0 Å². The van der Waals surface area contributed by atoms with Crippen molar-refractivity contribution in [2.75, 3.05) is 0 Å². The fourth-order valence-electron chi connectivity index (χ4n) is 5.28. The fraction of sp³-hybridized carbons (Fsp3) is 0.682. The molecule has 0 saturated carbocycles. The molecule has 0 atom stereocenters. The molecule has 0 fully saturated rings. The predicted molar refractivity (Wildman–Crippen MR) is 220 cm³/mol. The number of hydrogen-bond donors (Lipinski definition) is 2. The van der Waals surface area contributed by atoms with Gasteiger partial charge in [0, 0.05) is 43.0 Å². The molecule has 1 radical (unpaired) electrons. The van der Waals surface area contributed by atoms with E-state index in [4.69, 9.17) is 20.5 Å². The van der Waals surface area contributed by atoms with Crippen LogP contribution in [0.5, 0.6) is 11.5 Å². The van der Waals surface area contributed by atoms with Crippen molar-refractivity contribution >= 4 is 12.4 Å². The molecule has 2 rings (SSSR count). The smallest absolute Gasteiger partial charge is 0.127 e. The maximum Gasteiger partial charge on any atom is 0.127 e. The first-order chi connectivity index (χ1) is 22.6. The summed E-state index contributed by atoms with van der Waals surface area (Å²) in [6, 6.07) is 8.61. The van der Waals surface area contributed by atoms with Gasteiger partial charge in [0.1, 0.15) is 17.1 Å². The van der Waals surface area contributed by atoms with E-state index in [-0.39, 0.29) is 46.6 Å².